The highest BCUT2D eigenvalue weighted by Gasteiger charge is 2.14. The third-order valence-electron chi connectivity index (χ3n) is 3.79. The summed E-state index contributed by atoms with van der Waals surface area (Å²) in [7, 11) is 3.14. The van der Waals surface area contributed by atoms with Gasteiger partial charge in [0.15, 0.2) is 11.5 Å². The zero-order chi connectivity index (χ0) is 16.2. The van der Waals surface area contributed by atoms with Crippen LogP contribution in [-0.2, 0) is 17.6 Å². The maximum absolute atomic E-state index is 12.2. The van der Waals surface area contributed by atoms with Crippen molar-refractivity contribution in [2.75, 3.05) is 26.1 Å². The van der Waals surface area contributed by atoms with Crippen LogP contribution in [0.4, 0.5) is 5.69 Å². The van der Waals surface area contributed by atoms with Gasteiger partial charge in [0.25, 0.3) is 0 Å². The van der Waals surface area contributed by atoms with Crippen LogP contribution in [0.25, 0.3) is 0 Å². The number of benzene rings is 2. The molecule has 5 heteroatoms. The van der Waals surface area contributed by atoms with Crippen molar-refractivity contribution in [2.24, 2.45) is 0 Å². The van der Waals surface area contributed by atoms with E-state index in [1.165, 1.54) is 5.56 Å². The topological polar surface area (TPSA) is 56.8 Å². The minimum Gasteiger partial charge on any atom is -0.493 e. The molecule has 23 heavy (non-hydrogen) atoms. The van der Waals surface area contributed by atoms with E-state index in [1.54, 1.807) is 32.4 Å². The molecule has 0 atom stereocenters. The molecule has 0 fully saturated rings. The van der Waals surface area contributed by atoms with Gasteiger partial charge in [0.2, 0.25) is 5.91 Å². The SMILES string of the molecule is COc1ccc(NC(=O)Cc2ccc3c(c2)CCO3)cc1OC. The molecule has 0 radical (unpaired) electrons. The van der Waals surface area contributed by atoms with E-state index in [9.17, 15) is 4.79 Å². The lowest BCUT2D eigenvalue weighted by molar-refractivity contribution is -0.115. The fraction of sp³-hybridized carbons (Fsp3) is 0.278. The normalized spacial score (nSPS) is 12.3. The lowest BCUT2D eigenvalue weighted by Gasteiger charge is -2.11. The number of hydrogen-bond acceptors (Lipinski definition) is 4. The quantitative estimate of drug-likeness (QED) is 0.922. The van der Waals surface area contributed by atoms with Crippen LogP contribution in [0.3, 0.4) is 0 Å². The molecule has 0 spiro atoms. The van der Waals surface area contributed by atoms with Gasteiger partial charge in [-0.1, -0.05) is 12.1 Å². The Balaban J connectivity index is 1.67. The van der Waals surface area contributed by atoms with Gasteiger partial charge in [-0.15, -0.1) is 0 Å². The first kappa shape index (κ1) is 15.2. The average Bonchev–Trinajstić information content (AvgIpc) is 3.02. The molecule has 1 N–H and O–H groups in total. The molecule has 1 aliphatic heterocycles. The fourth-order valence-corrected chi connectivity index (χ4v) is 2.65. The van der Waals surface area contributed by atoms with Crippen molar-refractivity contribution in [1.29, 1.82) is 0 Å². The Morgan fingerprint density at radius 2 is 1.96 bits per heavy atom. The van der Waals surface area contributed by atoms with E-state index in [-0.39, 0.29) is 5.91 Å². The Kier molecular flexibility index (Phi) is 4.37. The Bertz CT molecular complexity index is 727. The van der Waals surface area contributed by atoms with Gasteiger partial charge in [0.05, 0.1) is 27.2 Å². The van der Waals surface area contributed by atoms with Crippen LogP contribution >= 0.6 is 0 Å². The fourth-order valence-electron chi connectivity index (χ4n) is 2.65. The average molecular weight is 313 g/mol. The van der Waals surface area contributed by atoms with Crippen molar-refractivity contribution in [3.05, 3.63) is 47.5 Å². The van der Waals surface area contributed by atoms with Crippen LogP contribution in [0.1, 0.15) is 11.1 Å². The van der Waals surface area contributed by atoms with Crippen molar-refractivity contribution in [3.8, 4) is 17.2 Å². The molecule has 0 unspecified atom stereocenters. The summed E-state index contributed by atoms with van der Waals surface area (Å²) in [5.74, 6) is 2.06. The molecule has 3 rings (SSSR count). The van der Waals surface area contributed by atoms with Gasteiger partial charge in [0, 0.05) is 18.2 Å². The molecule has 0 aromatic heterocycles. The summed E-state index contributed by atoms with van der Waals surface area (Å²) in [6.07, 6.45) is 1.22. The summed E-state index contributed by atoms with van der Waals surface area (Å²) in [5, 5.41) is 2.88. The lowest BCUT2D eigenvalue weighted by atomic mass is 10.1. The van der Waals surface area contributed by atoms with Gasteiger partial charge in [-0.2, -0.15) is 0 Å². The summed E-state index contributed by atoms with van der Waals surface area (Å²) in [4.78, 5) is 12.2. The van der Waals surface area contributed by atoms with Crippen LogP contribution in [0.2, 0.25) is 0 Å². The first-order chi connectivity index (χ1) is 11.2. The summed E-state index contributed by atoms with van der Waals surface area (Å²) in [5.41, 5.74) is 2.82. The first-order valence-corrected chi connectivity index (χ1v) is 7.46. The third-order valence-corrected chi connectivity index (χ3v) is 3.79. The minimum absolute atomic E-state index is 0.0731. The second-order valence-corrected chi connectivity index (χ2v) is 5.34. The molecular formula is C18H19NO4. The van der Waals surface area contributed by atoms with Crippen molar-refractivity contribution in [2.45, 2.75) is 12.8 Å². The number of carbonyl (C=O) groups is 1. The van der Waals surface area contributed by atoms with Gasteiger partial charge in [0.1, 0.15) is 5.75 Å². The molecule has 120 valence electrons. The number of nitrogens with one attached hydrogen (secondary N) is 1. The second-order valence-electron chi connectivity index (χ2n) is 5.34. The van der Waals surface area contributed by atoms with Gasteiger partial charge in [-0.3, -0.25) is 4.79 Å². The minimum atomic E-state index is -0.0731. The van der Waals surface area contributed by atoms with Crippen LogP contribution in [0.15, 0.2) is 36.4 Å². The molecule has 0 aliphatic carbocycles. The van der Waals surface area contributed by atoms with Crippen molar-refractivity contribution >= 4 is 11.6 Å². The van der Waals surface area contributed by atoms with Crippen LogP contribution < -0.4 is 19.5 Å². The number of rotatable bonds is 5. The molecule has 0 saturated carbocycles. The zero-order valence-corrected chi connectivity index (χ0v) is 13.2. The second kappa shape index (κ2) is 6.60. The molecule has 1 amide bonds. The predicted molar refractivity (Wildman–Crippen MR) is 87.5 cm³/mol. The highest BCUT2D eigenvalue weighted by Crippen LogP contribution is 2.30. The molecule has 0 saturated heterocycles. The molecular weight excluding hydrogens is 294 g/mol. The number of amides is 1. The van der Waals surface area contributed by atoms with Gasteiger partial charge in [-0.25, -0.2) is 0 Å². The molecule has 1 aliphatic rings. The maximum atomic E-state index is 12.2. The molecule has 2 aromatic carbocycles. The first-order valence-electron chi connectivity index (χ1n) is 7.46. The molecule has 2 aromatic rings. The van der Waals surface area contributed by atoms with Crippen LogP contribution in [0.5, 0.6) is 17.2 Å². The number of ether oxygens (including phenoxy) is 3. The lowest BCUT2D eigenvalue weighted by Crippen LogP contribution is -2.14. The van der Waals surface area contributed by atoms with Crippen molar-refractivity contribution in [3.63, 3.8) is 0 Å². The number of anilines is 1. The van der Waals surface area contributed by atoms with Crippen molar-refractivity contribution < 1.29 is 19.0 Å². The predicted octanol–water partition coefficient (Wildman–Crippen LogP) is 2.82. The monoisotopic (exact) mass is 313 g/mol. The Morgan fingerprint density at radius 1 is 1.13 bits per heavy atom. The number of methoxy groups -OCH3 is 2. The molecule has 5 nitrogen and oxygen atoms in total. The Hall–Kier alpha value is -2.69. The third kappa shape index (κ3) is 3.39. The highest BCUT2D eigenvalue weighted by molar-refractivity contribution is 5.92. The van der Waals surface area contributed by atoms with E-state index >= 15 is 0 Å². The summed E-state index contributed by atoms with van der Waals surface area (Å²) < 4.78 is 15.9. The molecule has 0 bridgehead atoms. The van der Waals surface area contributed by atoms with E-state index in [2.05, 4.69) is 5.32 Å². The van der Waals surface area contributed by atoms with E-state index in [0.29, 0.717) is 23.6 Å². The standard InChI is InChI=1S/C18H19NO4/c1-21-16-6-4-14(11-17(16)22-2)19-18(20)10-12-3-5-15-13(9-12)7-8-23-15/h3-6,9,11H,7-8,10H2,1-2H3,(H,19,20). The van der Waals surface area contributed by atoms with Gasteiger partial charge < -0.3 is 19.5 Å². The van der Waals surface area contributed by atoms with Crippen LogP contribution in [0, 0.1) is 0 Å². The van der Waals surface area contributed by atoms with E-state index in [1.807, 2.05) is 18.2 Å². The summed E-state index contributed by atoms with van der Waals surface area (Å²) >= 11 is 0. The zero-order valence-electron chi connectivity index (χ0n) is 13.2. The van der Waals surface area contributed by atoms with E-state index in [0.717, 1.165) is 24.3 Å². The molecule has 1 heterocycles. The Labute approximate surface area is 135 Å². The van der Waals surface area contributed by atoms with Gasteiger partial charge >= 0.3 is 0 Å². The number of hydrogen-bond donors (Lipinski definition) is 1. The van der Waals surface area contributed by atoms with Gasteiger partial charge in [-0.05, 0) is 29.3 Å². The van der Waals surface area contributed by atoms with E-state index in [4.69, 9.17) is 14.2 Å². The largest absolute Gasteiger partial charge is 0.493 e. The van der Waals surface area contributed by atoms with Crippen molar-refractivity contribution in [1.82, 2.24) is 0 Å². The summed E-state index contributed by atoms with van der Waals surface area (Å²) in [6.45, 7) is 0.719. The number of carbonyl (C=O) groups excluding carboxylic acids is 1. The maximum Gasteiger partial charge on any atom is 0.228 e. The Morgan fingerprint density at radius 3 is 2.74 bits per heavy atom. The number of fused-ring (bicyclic) bond motifs is 1. The smallest absolute Gasteiger partial charge is 0.228 e. The van der Waals surface area contributed by atoms with E-state index < -0.39 is 0 Å². The highest BCUT2D eigenvalue weighted by atomic mass is 16.5. The summed E-state index contributed by atoms with van der Waals surface area (Å²) in [6, 6.07) is 11.2. The van der Waals surface area contributed by atoms with Crippen LogP contribution in [-0.4, -0.2) is 26.7 Å².